The van der Waals surface area contributed by atoms with Gasteiger partial charge in [-0.05, 0) is 11.5 Å². The minimum Gasteiger partial charge on any atom is -0.420 e. The van der Waals surface area contributed by atoms with Crippen molar-refractivity contribution in [2.24, 2.45) is 5.73 Å². The Morgan fingerprint density at radius 2 is 2.00 bits per heavy atom. The number of hydrogen-bond acceptors (Lipinski definition) is 7. The molecule has 2 N–H and O–H groups in total. The molecule has 0 aromatic carbocycles. The Bertz CT molecular complexity index is 499. The molecular weight excluding hydrogens is 238 g/mol. The van der Waals surface area contributed by atoms with Crippen LogP contribution in [0.1, 0.15) is 32.4 Å². The van der Waals surface area contributed by atoms with Crippen LogP contribution in [-0.2, 0) is 11.8 Å². The van der Waals surface area contributed by atoms with Crippen molar-refractivity contribution < 1.29 is 4.42 Å². The van der Waals surface area contributed by atoms with Gasteiger partial charge in [-0.15, -0.1) is 15.3 Å². The van der Waals surface area contributed by atoms with Gasteiger partial charge in [0.05, 0.1) is 5.69 Å². The molecule has 6 nitrogen and oxygen atoms in total. The fourth-order valence-corrected chi connectivity index (χ4v) is 2.19. The molecule has 7 heteroatoms. The lowest BCUT2D eigenvalue weighted by molar-refractivity contribution is 0.503. The molecule has 2 aromatic rings. The Kier molecular flexibility index (Phi) is 3.21. The lowest BCUT2D eigenvalue weighted by Gasteiger charge is -2.14. The molecule has 2 heterocycles. The maximum Gasteiger partial charge on any atom is 0.261 e. The Hall–Kier alpha value is -1.34. The molecule has 0 aliphatic heterocycles. The molecule has 0 aliphatic carbocycles. The first-order chi connectivity index (χ1) is 8.02. The fraction of sp³-hybridized carbons (Fsp3) is 0.600. The highest BCUT2D eigenvalue weighted by Crippen LogP contribution is 2.32. The van der Waals surface area contributed by atoms with Crippen LogP contribution in [0.2, 0.25) is 0 Å². The van der Waals surface area contributed by atoms with E-state index in [2.05, 4.69) is 40.6 Å². The minimum atomic E-state index is -0.0924. The SMILES string of the molecule is CC(C)(C)c1nnsc1-c1nnc(CCN)o1. The van der Waals surface area contributed by atoms with Crippen LogP contribution in [0.5, 0.6) is 0 Å². The molecule has 0 bridgehead atoms. The van der Waals surface area contributed by atoms with E-state index in [4.69, 9.17) is 10.2 Å². The number of nitrogens with two attached hydrogens (primary N) is 1. The predicted molar refractivity (Wildman–Crippen MR) is 64.7 cm³/mol. The molecule has 0 fully saturated rings. The van der Waals surface area contributed by atoms with Crippen LogP contribution in [0.15, 0.2) is 4.42 Å². The topological polar surface area (TPSA) is 90.7 Å². The molecule has 2 rings (SSSR count). The molecule has 0 aliphatic rings. The number of aromatic nitrogens is 4. The smallest absolute Gasteiger partial charge is 0.261 e. The number of rotatable bonds is 3. The third kappa shape index (κ3) is 2.50. The van der Waals surface area contributed by atoms with Crippen LogP contribution in [0.25, 0.3) is 10.8 Å². The van der Waals surface area contributed by atoms with Crippen molar-refractivity contribution in [3.05, 3.63) is 11.6 Å². The average molecular weight is 253 g/mol. The molecule has 17 heavy (non-hydrogen) atoms. The molecule has 0 saturated carbocycles. The van der Waals surface area contributed by atoms with E-state index in [0.29, 0.717) is 24.7 Å². The van der Waals surface area contributed by atoms with Crippen molar-refractivity contribution in [2.75, 3.05) is 6.54 Å². The molecule has 0 unspecified atom stereocenters. The lowest BCUT2D eigenvalue weighted by atomic mass is 9.91. The first-order valence-electron chi connectivity index (χ1n) is 5.38. The van der Waals surface area contributed by atoms with E-state index in [0.717, 1.165) is 10.6 Å². The quantitative estimate of drug-likeness (QED) is 0.888. The molecule has 0 atom stereocenters. The zero-order chi connectivity index (χ0) is 12.5. The molecule has 0 spiro atoms. The Morgan fingerprint density at radius 3 is 2.65 bits per heavy atom. The summed E-state index contributed by atoms with van der Waals surface area (Å²) in [6.07, 6.45) is 0.587. The molecule has 0 radical (unpaired) electrons. The number of hydrogen-bond donors (Lipinski definition) is 1. The second-order valence-electron chi connectivity index (χ2n) is 4.74. The van der Waals surface area contributed by atoms with E-state index in [1.165, 1.54) is 11.5 Å². The standard InChI is InChI=1S/C10H15N5OS/c1-10(2,3)8-7(17-15-13-8)9-14-12-6(16-9)4-5-11/h4-5,11H2,1-3H3. The van der Waals surface area contributed by atoms with Gasteiger partial charge in [-0.25, -0.2) is 0 Å². The van der Waals surface area contributed by atoms with Crippen LogP contribution in [0, 0.1) is 0 Å². The van der Waals surface area contributed by atoms with Gasteiger partial charge in [-0.2, -0.15) is 0 Å². The summed E-state index contributed by atoms with van der Waals surface area (Å²) < 4.78 is 9.49. The average Bonchev–Trinajstić information content (AvgIpc) is 2.82. The highest BCUT2D eigenvalue weighted by Gasteiger charge is 2.26. The zero-order valence-corrected chi connectivity index (χ0v) is 10.9. The molecule has 92 valence electrons. The maximum absolute atomic E-state index is 5.53. The van der Waals surface area contributed by atoms with E-state index < -0.39 is 0 Å². The van der Waals surface area contributed by atoms with Gasteiger partial charge in [-0.1, -0.05) is 25.3 Å². The van der Waals surface area contributed by atoms with Gasteiger partial charge >= 0.3 is 0 Å². The van der Waals surface area contributed by atoms with Crippen molar-refractivity contribution in [2.45, 2.75) is 32.6 Å². The fourth-order valence-electron chi connectivity index (χ4n) is 1.39. The van der Waals surface area contributed by atoms with Crippen LogP contribution in [0.4, 0.5) is 0 Å². The van der Waals surface area contributed by atoms with Crippen LogP contribution >= 0.6 is 11.5 Å². The second-order valence-corrected chi connectivity index (χ2v) is 5.49. The van der Waals surface area contributed by atoms with Gasteiger partial charge in [0.1, 0.15) is 4.88 Å². The molecule has 0 amide bonds. The van der Waals surface area contributed by atoms with Gasteiger partial charge in [-0.3, -0.25) is 0 Å². The Morgan fingerprint density at radius 1 is 1.24 bits per heavy atom. The van der Waals surface area contributed by atoms with E-state index in [9.17, 15) is 0 Å². The summed E-state index contributed by atoms with van der Waals surface area (Å²) in [5.74, 6) is 1.03. The number of nitrogens with zero attached hydrogens (tertiary/aromatic N) is 4. The highest BCUT2D eigenvalue weighted by atomic mass is 32.1. The van der Waals surface area contributed by atoms with Gasteiger partial charge in [0, 0.05) is 18.4 Å². The summed E-state index contributed by atoms with van der Waals surface area (Å²) in [4.78, 5) is 0.841. The molecule has 0 saturated heterocycles. The summed E-state index contributed by atoms with van der Waals surface area (Å²) in [6.45, 7) is 6.72. The summed E-state index contributed by atoms with van der Waals surface area (Å²) in [7, 11) is 0. The Balaban J connectivity index is 2.36. The van der Waals surface area contributed by atoms with Crippen molar-refractivity contribution in [1.29, 1.82) is 0 Å². The third-order valence-electron chi connectivity index (χ3n) is 2.22. The summed E-state index contributed by atoms with van der Waals surface area (Å²) in [6, 6.07) is 0. The third-order valence-corrected chi connectivity index (χ3v) is 2.93. The van der Waals surface area contributed by atoms with Crippen molar-refractivity contribution in [3.8, 4) is 10.8 Å². The Labute approximate surface area is 103 Å². The highest BCUT2D eigenvalue weighted by molar-refractivity contribution is 7.09. The minimum absolute atomic E-state index is 0.0924. The summed E-state index contributed by atoms with van der Waals surface area (Å²) in [5.41, 5.74) is 6.23. The van der Waals surface area contributed by atoms with Gasteiger partial charge in [0.2, 0.25) is 5.89 Å². The second kappa shape index (κ2) is 4.50. The summed E-state index contributed by atoms with van der Waals surface area (Å²) >= 11 is 1.27. The van der Waals surface area contributed by atoms with Crippen molar-refractivity contribution >= 4 is 11.5 Å². The van der Waals surface area contributed by atoms with Crippen LogP contribution in [0.3, 0.4) is 0 Å². The van der Waals surface area contributed by atoms with E-state index in [1.807, 2.05) is 0 Å². The van der Waals surface area contributed by atoms with Gasteiger partial charge < -0.3 is 10.2 Å². The van der Waals surface area contributed by atoms with E-state index >= 15 is 0 Å². The molecular formula is C10H15N5OS. The molecule has 2 aromatic heterocycles. The van der Waals surface area contributed by atoms with Crippen LogP contribution in [-0.4, -0.2) is 26.3 Å². The summed E-state index contributed by atoms with van der Waals surface area (Å²) in [5, 5.41) is 12.1. The lowest BCUT2D eigenvalue weighted by Crippen LogP contribution is -2.13. The predicted octanol–water partition coefficient (Wildman–Crippen LogP) is 1.39. The van der Waals surface area contributed by atoms with Gasteiger partial charge in [0.15, 0.2) is 0 Å². The monoisotopic (exact) mass is 253 g/mol. The zero-order valence-electron chi connectivity index (χ0n) is 10.1. The van der Waals surface area contributed by atoms with Crippen molar-refractivity contribution in [3.63, 3.8) is 0 Å². The maximum atomic E-state index is 5.53. The van der Waals surface area contributed by atoms with Gasteiger partial charge in [0.25, 0.3) is 5.89 Å². The normalized spacial score (nSPS) is 12.0. The van der Waals surface area contributed by atoms with E-state index in [1.54, 1.807) is 0 Å². The largest absolute Gasteiger partial charge is 0.420 e. The van der Waals surface area contributed by atoms with Crippen LogP contribution < -0.4 is 5.73 Å². The first-order valence-corrected chi connectivity index (χ1v) is 6.15. The van der Waals surface area contributed by atoms with Crippen molar-refractivity contribution in [1.82, 2.24) is 19.8 Å². The van der Waals surface area contributed by atoms with E-state index in [-0.39, 0.29) is 5.41 Å². The first kappa shape index (κ1) is 12.1.